The molecule has 118 valence electrons. The summed E-state index contributed by atoms with van der Waals surface area (Å²) in [6.45, 7) is 3.88. The molecule has 0 aliphatic rings. The number of nitrogens with zero attached hydrogens (tertiary/aromatic N) is 1. The predicted molar refractivity (Wildman–Crippen MR) is 92.0 cm³/mol. The minimum atomic E-state index is -3.17. The molecule has 1 aromatic carbocycles. The predicted octanol–water partition coefficient (Wildman–Crippen LogP) is 2.79. The quantitative estimate of drug-likeness (QED) is 0.496. The second-order valence-electron chi connectivity index (χ2n) is 4.85. The van der Waals surface area contributed by atoms with Crippen LogP contribution in [0, 0.1) is 5.41 Å². The van der Waals surface area contributed by atoms with Crippen LogP contribution in [-0.4, -0.2) is 26.3 Å². The molecule has 0 bridgehead atoms. The van der Waals surface area contributed by atoms with E-state index in [2.05, 4.69) is 4.99 Å². The number of hydrogen-bond acceptors (Lipinski definition) is 3. The van der Waals surface area contributed by atoms with Gasteiger partial charge in [-0.15, -0.1) is 0 Å². The van der Waals surface area contributed by atoms with Crippen molar-refractivity contribution in [2.24, 2.45) is 10.7 Å². The van der Waals surface area contributed by atoms with Crippen LogP contribution in [-0.2, 0) is 9.84 Å². The van der Waals surface area contributed by atoms with Crippen LogP contribution in [0.2, 0.25) is 0 Å². The summed E-state index contributed by atoms with van der Waals surface area (Å²) in [5.74, 6) is -0.210. The van der Waals surface area contributed by atoms with Crippen molar-refractivity contribution < 1.29 is 8.42 Å². The second kappa shape index (κ2) is 7.70. The summed E-state index contributed by atoms with van der Waals surface area (Å²) in [5, 5.41) is 7.14. The van der Waals surface area contributed by atoms with Crippen molar-refractivity contribution in [3.8, 4) is 0 Å². The molecule has 22 heavy (non-hydrogen) atoms. The highest BCUT2D eigenvalue weighted by Crippen LogP contribution is 2.17. The third-order valence-electron chi connectivity index (χ3n) is 3.00. The van der Waals surface area contributed by atoms with Gasteiger partial charge in [-0.3, -0.25) is 5.41 Å². The Bertz CT molecular complexity index is 727. The first-order valence-corrected chi connectivity index (χ1v) is 8.70. The molecule has 3 N–H and O–H groups in total. The number of nitrogens with one attached hydrogen (secondary N) is 1. The Morgan fingerprint density at radius 2 is 1.91 bits per heavy atom. The number of sulfone groups is 1. The van der Waals surface area contributed by atoms with Gasteiger partial charge in [0.1, 0.15) is 0 Å². The first-order chi connectivity index (χ1) is 10.2. The number of hydrogen-bond donors (Lipinski definition) is 2. The van der Waals surface area contributed by atoms with Crippen LogP contribution in [0.15, 0.2) is 52.4 Å². The smallest absolute Gasteiger partial charge is 0.212 e. The van der Waals surface area contributed by atoms with E-state index in [4.69, 9.17) is 11.1 Å². The highest BCUT2D eigenvalue weighted by molar-refractivity contribution is 7.90. The van der Waals surface area contributed by atoms with Crippen LogP contribution in [0.5, 0.6) is 0 Å². The Morgan fingerprint density at radius 1 is 1.32 bits per heavy atom. The van der Waals surface area contributed by atoms with E-state index in [0.29, 0.717) is 11.3 Å². The van der Waals surface area contributed by atoms with Gasteiger partial charge < -0.3 is 5.73 Å². The van der Waals surface area contributed by atoms with E-state index >= 15 is 0 Å². The monoisotopic (exact) mass is 319 g/mol. The Kier molecular flexibility index (Phi) is 6.24. The number of aliphatic imine (C=N–C) groups is 1. The summed E-state index contributed by atoms with van der Waals surface area (Å²) in [7, 11) is -3.17. The van der Waals surface area contributed by atoms with Gasteiger partial charge >= 0.3 is 0 Å². The van der Waals surface area contributed by atoms with Gasteiger partial charge in [0.25, 0.3) is 0 Å². The summed E-state index contributed by atoms with van der Waals surface area (Å²) < 4.78 is 22.8. The molecule has 1 rings (SSSR count). The highest BCUT2D eigenvalue weighted by atomic mass is 32.2. The zero-order valence-corrected chi connectivity index (χ0v) is 13.8. The third-order valence-corrected chi connectivity index (χ3v) is 4.13. The zero-order valence-electron chi connectivity index (χ0n) is 13.0. The summed E-state index contributed by atoms with van der Waals surface area (Å²) >= 11 is 0. The lowest BCUT2D eigenvalue weighted by Crippen LogP contribution is -2.08. The molecule has 0 amide bonds. The molecular weight excluding hydrogens is 298 g/mol. The van der Waals surface area contributed by atoms with Crippen LogP contribution < -0.4 is 5.73 Å². The fourth-order valence-electron chi connectivity index (χ4n) is 1.75. The molecule has 0 atom stereocenters. The maximum Gasteiger partial charge on any atom is 0.212 e. The molecule has 1 aromatic rings. The fourth-order valence-corrected chi connectivity index (χ4v) is 2.38. The van der Waals surface area contributed by atoms with Crippen molar-refractivity contribution in [3.05, 3.63) is 48.1 Å². The molecule has 0 heterocycles. The van der Waals surface area contributed by atoms with E-state index in [1.807, 2.05) is 26.0 Å². The van der Waals surface area contributed by atoms with Gasteiger partial charge in [-0.05, 0) is 42.7 Å². The lowest BCUT2D eigenvalue weighted by atomic mass is 10.1. The van der Waals surface area contributed by atoms with Gasteiger partial charge in [0, 0.05) is 12.0 Å². The Hall–Kier alpha value is -2.21. The number of allylic oxidation sites excluding steroid dienone is 4. The Labute approximate surface area is 131 Å². The van der Waals surface area contributed by atoms with Crippen LogP contribution in [0.25, 0.3) is 5.57 Å². The molecule has 0 fully saturated rings. The Morgan fingerprint density at radius 3 is 2.36 bits per heavy atom. The van der Waals surface area contributed by atoms with Crippen molar-refractivity contribution in [2.75, 3.05) is 6.26 Å². The van der Waals surface area contributed by atoms with Crippen molar-refractivity contribution in [3.63, 3.8) is 0 Å². The molecule has 0 spiro atoms. The average Bonchev–Trinajstić information content (AvgIpc) is 2.44. The van der Waals surface area contributed by atoms with Gasteiger partial charge in [0.15, 0.2) is 9.84 Å². The van der Waals surface area contributed by atoms with E-state index in [1.165, 1.54) is 6.26 Å². The number of rotatable bonds is 5. The van der Waals surface area contributed by atoms with E-state index in [9.17, 15) is 8.42 Å². The molecule has 0 saturated carbocycles. The molecule has 0 aliphatic carbocycles. The van der Waals surface area contributed by atoms with E-state index < -0.39 is 9.84 Å². The lowest BCUT2D eigenvalue weighted by molar-refractivity contribution is 0.602. The van der Waals surface area contributed by atoms with Crippen molar-refractivity contribution in [1.82, 2.24) is 0 Å². The van der Waals surface area contributed by atoms with Crippen LogP contribution in [0.3, 0.4) is 0 Å². The van der Waals surface area contributed by atoms with E-state index in [0.717, 1.165) is 16.8 Å². The molecule has 0 aromatic heterocycles. The SMILES string of the molecule is CCC(/C=C\C=C(/C)c1ccc(S(C)(=O)=O)cc1)=N\C(=N)N. The van der Waals surface area contributed by atoms with Gasteiger partial charge in [-0.1, -0.05) is 31.2 Å². The molecule has 0 radical (unpaired) electrons. The maximum absolute atomic E-state index is 11.4. The van der Waals surface area contributed by atoms with E-state index in [-0.39, 0.29) is 5.96 Å². The Balaban J connectivity index is 2.92. The van der Waals surface area contributed by atoms with Gasteiger partial charge in [0.05, 0.1) is 4.90 Å². The van der Waals surface area contributed by atoms with Gasteiger partial charge in [-0.2, -0.15) is 0 Å². The minimum Gasteiger partial charge on any atom is -0.368 e. The first-order valence-electron chi connectivity index (χ1n) is 6.81. The molecule has 6 heteroatoms. The van der Waals surface area contributed by atoms with Crippen LogP contribution in [0.4, 0.5) is 0 Å². The minimum absolute atomic E-state index is 0.210. The maximum atomic E-state index is 11.4. The third kappa shape index (κ3) is 5.65. The van der Waals surface area contributed by atoms with Crippen LogP contribution >= 0.6 is 0 Å². The standard InChI is InChI=1S/C16H21N3O2S/c1-4-14(19-16(17)18)7-5-6-12(2)13-8-10-15(11-9-13)22(3,20)21/h5-11H,4H2,1-3H3,(H3,17,18)/b7-5-,12-6+,19-14+. The second-order valence-corrected chi connectivity index (χ2v) is 6.86. The molecule has 5 nitrogen and oxygen atoms in total. The van der Waals surface area contributed by atoms with Gasteiger partial charge in [-0.25, -0.2) is 13.4 Å². The summed E-state index contributed by atoms with van der Waals surface area (Å²) in [4.78, 5) is 4.21. The number of benzene rings is 1. The molecule has 0 aliphatic heterocycles. The zero-order chi connectivity index (χ0) is 16.8. The lowest BCUT2D eigenvalue weighted by Gasteiger charge is -2.02. The molecule has 0 unspecified atom stereocenters. The average molecular weight is 319 g/mol. The number of guanidine groups is 1. The topological polar surface area (TPSA) is 96.4 Å². The summed E-state index contributed by atoms with van der Waals surface area (Å²) in [6.07, 6.45) is 7.42. The first kappa shape index (κ1) is 17.8. The molecular formula is C16H21N3O2S. The van der Waals surface area contributed by atoms with Crippen LogP contribution in [0.1, 0.15) is 25.8 Å². The summed E-state index contributed by atoms with van der Waals surface area (Å²) in [6, 6.07) is 6.75. The normalized spacial score (nSPS) is 13.6. The van der Waals surface area contributed by atoms with Gasteiger partial charge in [0.2, 0.25) is 5.96 Å². The van der Waals surface area contributed by atoms with Crippen molar-refractivity contribution >= 4 is 27.1 Å². The van der Waals surface area contributed by atoms with E-state index in [1.54, 1.807) is 30.3 Å². The fraction of sp³-hybridized carbons (Fsp3) is 0.250. The number of nitrogens with two attached hydrogens (primary N) is 1. The molecule has 0 saturated heterocycles. The van der Waals surface area contributed by atoms with Crippen molar-refractivity contribution in [1.29, 1.82) is 5.41 Å². The highest BCUT2D eigenvalue weighted by Gasteiger charge is 2.06. The summed E-state index contributed by atoms with van der Waals surface area (Å²) in [5.41, 5.74) is 7.90. The van der Waals surface area contributed by atoms with Crippen molar-refractivity contribution in [2.45, 2.75) is 25.2 Å². The largest absolute Gasteiger partial charge is 0.368 e.